The summed E-state index contributed by atoms with van der Waals surface area (Å²) >= 11 is 0. The second-order valence-electron chi connectivity index (χ2n) is 5.55. The molecule has 7 heteroatoms. The van der Waals surface area contributed by atoms with Gasteiger partial charge in [0.25, 0.3) is 5.91 Å². The van der Waals surface area contributed by atoms with Gasteiger partial charge in [0, 0.05) is 24.1 Å². The number of amides is 1. The van der Waals surface area contributed by atoms with Gasteiger partial charge in [0.15, 0.2) is 6.61 Å². The summed E-state index contributed by atoms with van der Waals surface area (Å²) in [5, 5.41) is 9.54. The molecule has 0 aliphatic rings. The van der Waals surface area contributed by atoms with Crippen LogP contribution in [-0.2, 0) is 11.3 Å². The normalized spacial score (nSPS) is 10.4. The van der Waals surface area contributed by atoms with Crippen LogP contribution in [0, 0.1) is 11.3 Å². The molecule has 3 aromatic rings. The average Bonchev–Trinajstić information content (AvgIpc) is 3.16. The Bertz CT molecular complexity index is 985. The predicted octanol–water partition coefficient (Wildman–Crippen LogP) is 2.71. The van der Waals surface area contributed by atoms with Crippen LogP contribution >= 0.6 is 0 Å². The van der Waals surface area contributed by atoms with Crippen LogP contribution < -0.4 is 10.4 Å². The Kier molecular flexibility index (Phi) is 5.34. The molecule has 0 aliphatic carbocycles. The number of hydrogen-bond donors (Lipinski definition) is 0. The average molecular weight is 352 g/mol. The summed E-state index contributed by atoms with van der Waals surface area (Å²) in [5.74, 6) is 0.772. The number of nitriles is 1. The number of rotatable bonds is 7. The molecule has 7 nitrogen and oxygen atoms in total. The van der Waals surface area contributed by atoms with E-state index in [9.17, 15) is 9.59 Å². The monoisotopic (exact) mass is 352 g/mol. The molecule has 0 N–H and O–H groups in total. The van der Waals surface area contributed by atoms with Crippen molar-refractivity contribution in [2.24, 2.45) is 0 Å². The van der Waals surface area contributed by atoms with Gasteiger partial charge in [-0.25, -0.2) is 4.79 Å². The van der Waals surface area contributed by atoms with Crippen molar-refractivity contribution in [1.82, 2.24) is 4.90 Å². The maximum Gasteiger partial charge on any atom is 0.336 e. The van der Waals surface area contributed by atoms with Gasteiger partial charge in [-0.05, 0) is 30.3 Å². The van der Waals surface area contributed by atoms with Crippen molar-refractivity contribution in [3.63, 3.8) is 0 Å². The van der Waals surface area contributed by atoms with E-state index < -0.39 is 5.63 Å². The number of carbonyl (C=O) groups is 1. The Morgan fingerprint density at radius 2 is 2.08 bits per heavy atom. The third-order valence-corrected chi connectivity index (χ3v) is 3.73. The van der Waals surface area contributed by atoms with Crippen LogP contribution in [0.3, 0.4) is 0 Å². The first-order chi connectivity index (χ1) is 12.7. The van der Waals surface area contributed by atoms with E-state index in [1.165, 1.54) is 17.2 Å². The van der Waals surface area contributed by atoms with Gasteiger partial charge in [0.05, 0.1) is 25.3 Å². The molecule has 1 aromatic carbocycles. The summed E-state index contributed by atoms with van der Waals surface area (Å²) in [6.07, 6.45) is 1.75. The summed E-state index contributed by atoms with van der Waals surface area (Å²) in [5.41, 5.74) is -0.0637. The van der Waals surface area contributed by atoms with Gasteiger partial charge in [-0.3, -0.25) is 4.79 Å². The van der Waals surface area contributed by atoms with Crippen molar-refractivity contribution in [1.29, 1.82) is 5.26 Å². The molecule has 0 radical (unpaired) electrons. The van der Waals surface area contributed by atoms with Crippen molar-refractivity contribution in [2.45, 2.75) is 13.0 Å². The molecule has 0 unspecified atom stereocenters. The first-order valence-electron chi connectivity index (χ1n) is 7.99. The zero-order valence-electron chi connectivity index (χ0n) is 13.9. The van der Waals surface area contributed by atoms with Crippen LogP contribution in [0.4, 0.5) is 0 Å². The molecular weight excluding hydrogens is 336 g/mol. The van der Waals surface area contributed by atoms with Gasteiger partial charge < -0.3 is 18.5 Å². The Labute approximate surface area is 149 Å². The van der Waals surface area contributed by atoms with Crippen molar-refractivity contribution < 1.29 is 18.4 Å². The molecule has 3 rings (SSSR count). The highest BCUT2D eigenvalue weighted by atomic mass is 16.5. The molecule has 0 saturated carbocycles. The quantitative estimate of drug-likeness (QED) is 0.607. The summed E-state index contributed by atoms with van der Waals surface area (Å²) in [4.78, 5) is 25.2. The van der Waals surface area contributed by atoms with Crippen molar-refractivity contribution in [3.8, 4) is 11.8 Å². The molecule has 0 aliphatic heterocycles. The maximum atomic E-state index is 12.4. The fourth-order valence-electron chi connectivity index (χ4n) is 2.43. The maximum absolute atomic E-state index is 12.4. The second kappa shape index (κ2) is 8.03. The number of fused-ring (bicyclic) bond motifs is 1. The highest BCUT2D eigenvalue weighted by molar-refractivity contribution is 5.79. The zero-order chi connectivity index (χ0) is 18.4. The van der Waals surface area contributed by atoms with Crippen LogP contribution in [0.25, 0.3) is 11.0 Å². The van der Waals surface area contributed by atoms with Crippen LogP contribution in [-0.4, -0.2) is 24.0 Å². The van der Waals surface area contributed by atoms with Gasteiger partial charge in [-0.1, -0.05) is 0 Å². The summed E-state index contributed by atoms with van der Waals surface area (Å²) in [6.45, 7) is 0.351. The topological polar surface area (TPSA) is 96.7 Å². The van der Waals surface area contributed by atoms with E-state index in [4.69, 9.17) is 18.8 Å². The zero-order valence-corrected chi connectivity index (χ0v) is 13.9. The third kappa shape index (κ3) is 4.30. The van der Waals surface area contributed by atoms with Crippen LogP contribution in [0.2, 0.25) is 0 Å². The number of hydrogen-bond acceptors (Lipinski definition) is 6. The number of benzene rings is 1. The van der Waals surface area contributed by atoms with E-state index in [0.717, 1.165) is 5.39 Å². The number of carbonyl (C=O) groups excluding carboxylic acids is 1. The van der Waals surface area contributed by atoms with E-state index in [1.54, 1.807) is 36.4 Å². The molecule has 2 aromatic heterocycles. The summed E-state index contributed by atoms with van der Waals surface area (Å²) in [7, 11) is 0. The fourth-order valence-corrected chi connectivity index (χ4v) is 2.43. The van der Waals surface area contributed by atoms with Gasteiger partial charge in [0.1, 0.15) is 17.1 Å². The van der Waals surface area contributed by atoms with Gasteiger partial charge in [-0.15, -0.1) is 0 Å². The first kappa shape index (κ1) is 17.3. The minimum atomic E-state index is -0.452. The molecule has 26 heavy (non-hydrogen) atoms. The Balaban J connectivity index is 1.67. The molecule has 1 amide bonds. The van der Waals surface area contributed by atoms with Crippen LogP contribution in [0.5, 0.6) is 5.75 Å². The van der Waals surface area contributed by atoms with Crippen molar-refractivity contribution >= 4 is 16.9 Å². The smallest absolute Gasteiger partial charge is 0.336 e. The van der Waals surface area contributed by atoms with E-state index in [1.807, 2.05) is 6.07 Å². The lowest BCUT2D eigenvalue weighted by Gasteiger charge is -2.20. The van der Waals surface area contributed by atoms with Gasteiger partial charge >= 0.3 is 5.63 Å². The molecule has 0 saturated heterocycles. The number of furan rings is 1. The summed E-state index contributed by atoms with van der Waals surface area (Å²) in [6, 6.07) is 13.5. The van der Waals surface area contributed by atoms with Crippen LogP contribution in [0.15, 0.2) is 62.4 Å². The van der Waals surface area contributed by atoms with Crippen molar-refractivity contribution in [2.75, 3.05) is 13.2 Å². The lowest BCUT2D eigenvalue weighted by Crippen LogP contribution is -2.35. The molecule has 0 atom stereocenters. The largest absolute Gasteiger partial charge is 0.484 e. The molecule has 0 spiro atoms. The SMILES string of the molecule is N#CCCN(Cc1ccco1)C(=O)COc1ccc2ccc(=O)oc2c1. The van der Waals surface area contributed by atoms with Crippen molar-refractivity contribution in [3.05, 3.63) is 64.9 Å². The standard InChI is InChI=1S/C19H16N2O5/c20-8-2-9-21(12-16-3-1-10-24-16)18(22)13-25-15-6-4-14-5-7-19(23)26-17(14)11-15/h1,3-7,10-11H,2,9,12-13H2. The molecular formula is C19H16N2O5. The number of ether oxygens (including phenoxy) is 1. The minimum absolute atomic E-state index is 0.200. The Morgan fingerprint density at radius 1 is 1.23 bits per heavy atom. The first-order valence-corrected chi connectivity index (χ1v) is 7.99. The fraction of sp³-hybridized carbons (Fsp3) is 0.211. The lowest BCUT2D eigenvalue weighted by molar-refractivity contribution is -0.134. The van der Waals surface area contributed by atoms with E-state index >= 15 is 0 Å². The number of nitrogens with zero attached hydrogens (tertiary/aromatic N) is 2. The lowest BCUT2D eigenvalue weighted by atomic mass is 10.2. The van der Waals surface area contributed by atoms with Gasteiger partial charge in [0.2, 0.25) is 0 Å². The van der Waals surface area contributed by atoms with E-state index in [0.29, 0.717) is 17.1 Å². The van der Waals surface area contributed by atoms with E-state index in [-0.39, 0.29) is 32.0 Å². The third-order valence-electron chi connectivity index (χ3n) is 3.73. The summed E-state index contributed by atoms with van der Waals surface area (Å²) < 4.78 is 15.9. The second-order valence-corrected chi connectivity index (χ2v) is 5.55. The predicted molar refractivity (Wildman–Crippen MR) is 92.3 cm³/mol. The van der Waals surface area contributed by atoms with E-state index in [2.05, 4.69) is 0 Å². The molecule has 0 bridgehead atoms. The molecule has 2 heterocycles. The Hall–Kier alpha value is -3.53. The Morgan fingerprint density at radius 3 is 2.85 bits per heavy atom. The molecule has 132 valence electrons. The molecule has 0 fully saturated rings. The van der Waals surface area contributed by atoms with Gasteiger partial charge in [-0.2, -0.15) is 5.26 Å². The minimum Gasteiger partial charge on any atom is -0.484 e. The van der Waals surface area contributed by atoms with Crippen LogP contribution in [0.1, 0.15) is 12.2 Å². The highest BCUT2D eigenvalue weighted by Crippen LogP contribution is 2.19. The highest BCUT2D eigenvalue weighted by Gasteiger charge is 2.16.